The molecule has 1 fully saturated rings. The van der Waals surface area contributed by atoms with E-state index in [2.05, 4.69) is 10.1 Å². The molecule has 0 bridgehead atoms. The van der Waals surface area contributed by atoms with Gasteiger partial charge in [0.25, 0.3) is 5.79 Å². The summed E-state index contributed by atoms with van der Waals surface area (Å²) in [6.07, 6.45) is 2.50. The van der Waals surface area contributed by atoms with Gasteiger partial charge >= 0.3 is 5.97 Å². The van der Waals surface area contributed by atoms with Crippen LogP contribution < -0.4 is 4.74 Å². The fourth-order valence-corrected chi connectivity index (χ4v) is 3.77. The maximum absolute atomic E-state index is 11.8. The molecule has 0 unspecified atom stereocenters. The Morgan fingerprint density at radius 2 is 1.72 bits per heavy atom. The summed E-state index contributed by atoms with van der Waals surface area (Å²) in [5, 5.41) is 4.32. The lowest BCUT2D eigenvalue weighted by atomic mass is 9.99. The molecule has 8 heteroatoms. The first kappa shape index (κ1) is 25.3. The van der Waals surface area contributed by atoms with Crippen molar-refractivity contribution in [1.82, 2.24) is 4.98 Å². The van der Waals surface area contributed by atoms with Crippen molar-refractivity contribution >= 4 is 11.7 Å². The van der Waals surface area contributed by atoms with Crippen LogP contribution in [0.1, 0.15) is 23.7 Å². The highest BCUT2D eigenvalue weighted by Gasteiger charge is 2.41. The lowest BCUT2D eigenvalue weighted by Crippen LogP contribution is -2.48. The van der Waals surface area contributed by atoms with Gasteiger partial charge < -0.3 is 23.8 Å². The quantitative estimate of drug-likeness (QED) is 0.184. The van der Waals surface area contributed by atoms with E-state index in [9.17, 15) is 4.79 Å². The van der Waals surface area contributed by atoms with Crippen LogP contribution in [0.5, 0.6) is 5.75 Å². The monoisotopic (exact) mass is 490 g/mol. The van der Waals surface area contributed by atoms with Gasteiger partial charge in [0.05, 0.1) is 26.0 Å². The number of hydrogen-bond acceptors (Lipinski definition) is 8. The summed E-state index contributed by atoms with van der Waals surface area (Å²) in [4.78, 5) is 21.7. The van der Waals surface area contributed by atoms with Crippen LogP contribution in [0, 0.1) is 5.92 Å². The van der Waals surface area contributed by atoms with E-state index < -0.39 is 11.8 Å². The molecular formula is C28H30N2O6. The Morgan fingerprint density at radius 3 is 2.39 bits per heavy atom. The molecule has 1 aliphatic rings. The van der Waals surface area contributed by atoms with Gasteiger partial charge in [0.15, 0.2) is 6.61 Å². The van der Waals surface area contributed by atoms with E-state index in [1.807, 2.05) is 72.8 Å². The average molecular weight is 491 g/mol. The SMILES string of the molecule is COC(=O)C1(C)OCC(Cc2ccc(OCCO/N=C(/c3ccccc3)c3ccccn3)cc2)CO1. The number of oxime groups is 1. The lowest BCUT2D eigenvalue weighted by Gasteiger charge is -2.35. The summed E-state index contributed by atoms with van der Waals surface area (Å²) in [6, 6.07) is 23.3. The molecule has 2 heterocycles. The van der Waals surface area contributed by atoms with Gasteiger partial charge in [-0.3, -0.25) is 4.98 Å². The Labute approximate surface area is 210 Å². The van der Waals surface area contributed by atoms with Crippen LogP contribution in [-0.4, -0.2) is 56.0 Å². The van der Waals surface area contributed by atoms with E-state index in [0.717, 1.165) is 29.0 Å². The third-order valence-electron chi connectivity index (χ3n) is 5.75. The zero-order chi connectivity index (χ0) is 25.2. The molecule has 8 nitrogen and oxygen atoms in total. The second kappa shape index (κ2) is 12.3. The predicted molar refractivity (Wildman–Crippen MR) is 134 cm³/mol. The number of carbonyl (C=O) groups excluding carboxylic acids is 1. The number of esters is 1. The number of pyridine rings is 1. The molecule has 1 saturated heterocycles. The second-order valence-electron chi connectivity index (χ2n) is 8.48. The molecule has 3 aromatic rings. The number of hydrogen-bond donors (Lipinski definition) is 0. The van der Waals surface area contributed by atoms with Gasteiger partial charge in [0.1, 0.15) is 18.1 Å². The number of methoxy groups -OCH3 is 1. The minimum absolute atomic E-state index is 0.152. The third kappa shape index (κ3) is 6.68. The Morgan fingerprint density at radius 1 is 1.00 bits per heavy atom. The third-order valence-corrected chi connectivity index (χ3v) is 5.75. The maximum atomic E-state index is 11.8. The first-order valence-corrected chi connectivity index (χ1v) is 11.8. The molecule has 0 amide bonds. The molecule has 4 rings (SSSR count). The van der Waals surface area contributed by atoms with E-state index in [4.69, 9.17) is 23.8 Å². The van der Waals surface area contributed by atoms with Crippen molar-refractivity contribution < 1.29 is 28.6 Å². The molecule has 2 aromatic carbocycles. The van der Waals surface area contributed by atoms with Gasteiger partial charge in [-0.05, 0) is 36.2 Å². The number of benzene rings is 2. The smallest absolute Gasteiger partial charge is 0.366 e. The minimum atomic E-state index is -1.32. The highest BCUT2D eigenvalue weighted by atomic mass is 16.7. The molecule has 188 valence electrons. The summed E-state index contributed by atoms with van der Waals surface area (Å²) in [5.41, 5.74) is 3.47. The van der Waals surface area contributed by atoms with E-state index in [0.29, 0.717) is 32.1 Å². The molecule has 0 aliphatic carbocycles. The molecule has 0 N–H and O–H groups in total. The fraction of sp³-hybridized carbons (Fsp3) is 0.321. The van der Waals surface area contributed by atoms with E-state index in [1.165, 1.54) is 7.11 Å². The van der Waals surface area contributed by atoms with Crippen molar-refractivity contribution in [1.29, 1.82) is 0 Å². The summed E-state index contributed by atoms with van der Waals surface area (Å²) in [5.74, 6) is -0.952. The zero-order valence-electron chi connectivity index (χ0n) is 20.5. The normalized spacial score (nSPS) is 19.9. The number of aromatic nitrogens is 1. The molecule has 1 aromatic heterocycles. The van der Waals surface area contributed by atoms with E-state index >= 15 is 0 Å². The average Bonchev–Trinajstić information content (AvgIpc) is 2.93. The Balaban J connectivity index is 1.24. The van der Waals surface area contributed by atoms with Crippen molar-refractivity contribution in [3.8, 4) is 5.75 Å². The van der Waals surface area contributed by atoms with E-state index in [-0.39, 0.29) is 5.92 Å². The van der Waals surface area contributed by atoms with Crippen LogP contribution in [0.4, 0.5) is 0 Å². The van der Waals surface area contributed by atoms with Crippen molar-refractivity contribution in [3.05, 3.63) is 95.8 Å². The first-order valence-electron chi connectivity index (χ1n) is 11.8. The van der Waals surface area contributed by atoms with Crippen LogP contribution in [0.2, 0.25) is 0 Å². The van der Waals surface area contributed by atoms with Gasteiger partial charge in [0, 0.05) is 24.6 Å². The largest absolute Gasteiger partial charge is 0.490 e. The van der Waals surface area contributed by atoms with Gasteiger partial charge in [-0.2, -0.15) is 0 Å². The van der Waals surface area contributed by atoms with Crippen LogP contribution >= 0.6 is 0 Å². The van der Waals surface area contributed by atoms with Crippen LogP contribution in [0.15, 0.2) is 84.1 Å². The predicted octanol–water partition coefficient (Wildman–Crippen LogP) is 4.02. The minimum Gasteiger partial charge on any atom is -0.490 e. The van der Waals surface area contributed by atoms with Crippen LogP contribution in [0.3, 0.4) is 0 Å². The molecule has 0 saturated carbocycles. The first-order chi connectivity index (χ1) is 17.6. The number of ether oxygens (including phenoxy) is 4. The topological polar surface area (TPSA) is 88.5 Å². The van der Waals surface area contributed by atoms with Gasteiger partial charge in [-0.1, -0.05) is 53.7 Å². The standard InChI is InChI=1S/C28H30N2O6/c1-28(27(31)32-2)34-19-22(20-35-28)18-21-11-13-24(14-12-21)33-16-17-36-30-26(23-8-4-3-5-9-23)25-10-6-7-15-29-25/h3-15,22H,16-20H2,1-2H3/b30-26-. The molecule has 0 atom stereocenters. The van der Waals surface area contributed by atoms with Crippen molar-refractivity contribution in [2.45, 2.75) is 19.1 Å². The Hall–Kier alpha value is -3.75. The second-order valence-corrected chi connectivity index (χ2v) is 8.48. The Bertz CT molecular complexity index is 1090. The van der Waals surface area contributed by atoms with Crippen molar-refractivity contribution in [3.63, 3.8) is 0 Å². The van der Waals surface area contributed by atoms with E-state index in [1.54, 1.807) is 13.1 Å². The highest BCUT2D eigenvalue weighted by molar-refractivity contribution is 6.11. The van der Waals surface area contributed by atoms with Crippen LogP contribution in [-0.2, 0) is 30.3 Å². The highest BCUT2D eigenvalue weighted by Crippen LogP contribution is 2.25. The zero-order valence-corrected chi connectivity index (χ0v) is 20.5. The van der Waals surface area contributed by atoms with Gasteiger partial charge in [-0.15, -0.1) is 0 Å². The number of carbonyl (C=O) groups is 1. The lowest BCUT2D eigenvalue weighted by molar-refractivity contribution is -0.272. The molecular weight excluding hydrogens is 460 g/mol. The molecule has 36 heavy (non-hydrogen) atoms. The number of nitrogens with zero attached hydrogens (tertiary/aromatic N) is 2. The molecule has 1 aliphatic heterocycles. The maximum Gasteiger partial charge on any atom is 0.366 e. The summed E-state index contributed by atoms with van der Waals surface area (Å²) in [7, 11) is 1.32. The summed E-state index contributed by atoms with van der Waals surface area (Å²) >= 11 is 0. The van der Waals surface area contributed by atoms with Crippen molar-refractivity contribution in [2.24, 2.45) is 11.1 Å². The molecule has 0 spiro atoms. The molecule has 0 radical (unpaired) electrons. The van der Waals surface area contributed by atoms with Gasteiger partial charge in [-0.25, -0.2) is 4.79 Å². The number of rotatable bonds is 10. The van der Waals surface area contributed by atoms with Crippen molar-refractivity contribution in [2.75, 3.05) is 33.5 Å². The fourth-order valence-electron chi connectivity index (χ4n) is 3.77. The summed E-state index contributed by atoms with van der Waals surface area (Å²) < 4.78 is 21.8. The van der Waals surface area contributed by atoms with Crippen LogP contribution in [0.25, 0.3) is 0 Å². The van der Waals surface area contributed by atoms with Gasteiger partial charge in [0.2, 0.25) is 0 Å². The summed E-state index contributed by atoms with van der Waals surface area (Å²) in [6.45, 7) is 3.07. The Kier molecular flexibility index (Phi) is 8.65.